The van der Waals surface area contributed by atoms with Crippen molar-refractivity contribution in [1.82, 2.24) is 5.01 Å². The molecule has 0 N–H and O–H groups in total. The molecule has 18 heavy (non-hydrogen) atoms. The maximum Gasteiger partial charge on any atom is 0.248 e. The summed E-state index contributed by atoms with van der Waals surface area (Å²) in [5.74, 6) is 0.130. The predicted molar refractivity (Wildman–Crippen MR) is 73.5 cm³/mol. The van der Waals surface area contributed by atoms with Gasteiger partial charge in [0.05, 0.1) is 12.1 Å². The van der Waals surface area contributed by atoms with Gasteiger partial charge >= 0.3 is 0 Å². The number of hydrogen-bond acceptors (Lipinski definition) is 2. The molecule has 0 spiro atoms. The first-order chi connectivity index (χ1) is 8.81. The van der Waals surface area contributed by atoms with Gasteiger partial charge in [-0.3, -0.25) is 4.79 Å². The largest absolute Gasteiger partial charge is 0.273 e. The lowest BCUT2D eigenvalue weighted by Crippen LogP contribution is -2.21. The number of benzene rings is 1. The van der Waals surface area contributed by atoms with E-state index in [0.717, 1.165) is 24.2 Å². The molecule has 1 aromatic carbocycles. The number of amides is 1. The fourth-order valence-corrected chi connectivity index (χ4v) is 2.12. The van der Waals surface area contributed by atoms with Crippen LogP contribution in [-0.4, -0.2) is 23.2 Å². The number of hydrazone groups is 1. The fraction of sp³-hybridized carbons (Fsp3) is 0.467. The Labute approximate surface area is 108 Å². The molecule has 1 amide bonds. The molecular formula is C15H20N2O. The van der Waals surface area contributed by atoms with Gasteiger partial charge in [-0.2, -0.15) is 5.10 Å². The fourth-order valence-electron chi connectivity index (χ4n) is 2.12. The van der Waals surface area contributed by atoms with E-state index >= 15 is 0 Å². The highest BCUT2D eigenvalue weighted by atomic mass is 16.2. The van der Waals surface area contributed by atoms with Crippen LogP contribution in [0.15, 0.2) is 35.4 Å². The summed E-state index contributed by atoms with van der Waals surface area (Å²) in [4.78, 5) is 11.8. The Morgan fingerprint density at radius 1 is 1.17 bits per heavy atom. The Morgan fingerprint density at radius 2 is 1.94 bits per heavy atom. The summed E-state index contributed by atoms with van der Waals surface area (Å²) in [6.45, 7) is 2.95. The number of hydrogen-bond donors (Lipinski definition) is 0. The normalized spacial score (nSPS) is 15.1. The van der Waals surface area contributed by atoms with Crippen molar-refractivity contribution >= 4 is 11.6 Å². The summed E-state index contributed by atoms with van der Waals surface area (Å²) in [5, 5.41) is 6.07. The molecule has 96 valence electrons. The molecule has 1 aliphatic rings. The van der Waals surface area contributed by atoms with Gasteiger partial charge in [0.15, 0.2) is 0 Å². The first kappa shape index (κ1) is 12.8. The molecule has 0 aromatic heterocycles. The Hall–Kier alpha value is -1.64. The van der Waals surface area contributed by atoms with Gasteiger partial charge in [0.2, 0.25) is 5.91 Å². The first-order valence-electron chi connectivity index (χ1n) is 6.74. The minimum Gasteiger partial charge on any atom is -0.273 e. The van der Waals surface area contributed by atoms with Gasteiger partial charge in [0.25, 0.3) is 0 Å². The SMILES string of the molecule is CCCCCCN1N=C(c2ccccc2)CC1=O. The highest BCUT2D eigenvalue weighted by Crippen LogP contribution is 2.15. The van der Waals surface area contributed by atoms with E-state index in [1.54, 1.807) is 5.01 Å². The van der Waals surface area contributed by atoms with E-state index in [0.29, 0.717) is 6.42 Å². The van der Waals surface area contributed by atoms with Crippen LogP contribution in [0.5, 0.6) is 0 Å². The second-order valence-corrected chi connectivity index (χ2v) is 4.67. The monoisotopic (exact) mass is 244 g/mol. The van der Waals surface area contributed by atoms with Crippen LogP contribution in [0.4, 0.5) is 0 Å². The molecule has 0 radical (unpaired) electrons. The molecule has 0 saturated heterocycles. The summed E-state index contributed by atoms with van der Waals surface area (Å²) >= 11 is 0. The number of unbranched alkanes of at least 4 members (excludes halogenated alkanes) is 3. The zero-order valence-electron chi connectivity index (χ0n) is 10.9. The van der Waals surface area contributed by atoms with Crippen molar-refractivity contribution < 1.29 is 4.79 Å². The Balaban J connectivity index is 1.93. The minimum absolute atomic E-state index is 0.130. The van der Waals surface area contributed by atoms with E-state index in [-0.39, 0.29) is 5.91 Å². The first-order valence-corrected chi connectivity index (χ1v) is 6.74. The van der Waals surface area contributed by atoms with Gasteiger partial charge in [-0.15, -0.1) is 0 Å². The maximum absolute atomic E-state index is 11.8. The van der Waals surface area contributed by atoms with Crippen molar-refractivity contribution in [1.29, 1.82) is 0 Å². The van der Waals surface area contributed by atoms with Gasteiger partial charge in [0.1, 0.15) is 0 Å². The summed E-state index contributed by atoms with van der Waals surface area (Å²) < 4.78 is 0. The van der Waals surface area contributed by atoms with E-state index in [4.69, 9.17) is 0 Å². The Kier molecular flexibility index (Phi) is 4.51. The molecule has 3 heteroatoms. The van der Waals surface area contributed by atoms with E-state index in [9.17, 15) is 4.79 Å². The molecule has 0 aliphatic carbocycles. The lowest BCUT2D eigenvalue weighted by atomic mass is 10.1. The molecular weight excluding hydrogens is 224 g/mol. The van der Waals surface area contributed by atoms with E-state index in [1.165, 1.54) is 19.3 Å². The van der Waals surface area contributed by atoms with Crippen molar-refractivity contribution in [2.24, 2.45) is 5.10 Å². The van der Waals surface area contributed by atoms with Crippen LogP contribution < -0.4 is 0 Å². The average Bonchev–Trinajstić information content (AvgIpc) is 2.77. The summed E-state index contributed by atoms with van der Waals surface area (Å²) in [6.07, 6.45) is 5.11. The number of carbonyl (C=O) groups excluding carboxylic acids is 1. The lowest BCUT2D eigenvalue weighted by molar-refractivity contribution is -0.128. The Bertz CT molecular complexity index is 425. The van der Waals surface area contributed by atoms with Gasteiger partial charge in [-0.1, -0.05) is 56.5 Å². The van der Waals surface area contributed by atoms with Gasteiger partial charge in [0, 0.05) is 6.54 Å². The van der Waals surface area contributed by atoms with E-state index in [1.807, 2.05) is 30.3 Å². The van der Waals surface area contributed by atoms with Crippen molar-refractivity contribution in [2.75, 3.05) is 6.54 Å². The van der Waals surface area contributed by atoms with Crippen molar-refractivity contribution in [2.45, 2.75) is 39.0 Å². The van der Waals surface area contributed by atoms with Crippen LogP contribution in [-0.2, 0) is 4.79 Å². The van der Waals surface area contributed by atoms with Crippen LogP contribution in [0.2, 0.25) is 0 Å². The quantitative estimate of drug-likeness (QED) is 0.707. The third kappa shape index (κ3) is 3.19. The van der Waals surface area contributed by atoms with Crippen molar-refractivity contribution in [3.63, 3.8) is 0 Å². The van der Waals surface area contributed by atoms with Crippen LogP contribution >= 0.6 is 0 Å². The van der Waals surface area contributed by atoms with Crippen molar-refractivity contribution in [3.8, 4) is 0 Å². The van der Waals surface area contributed by atoms with E-state index in [2.05, 4.69) is 12.0 Å². The number of carbonyl (C=O) groups is 1. The van der Waals surface area contributed by atoms with Gasteiger partial charge < -0.3 is 0 Å². The number of nitrogens with zero attached hydrogens (tertiary/aromatic N) is 2. The molecule has 0 atom stereocenters. The molecule has 1 heterocycles. The standard InChI is InChI=1S/C15H20N2O/c1-2-3-4-8-11-17-15(18)12-14(16-17)13-9-6-5-7-10-13/h5-7,9-10H,2-4,8,11-12H2,1H3. The molecule has 2 rings (SSSR count). The maximum atomic E-state index is 11.8. The van der Waals surface area contributed by atoms with Crippen LogP contribution in [0.3, 0.4) is 0 Å². The average molecular weight is 244 g/mol. The van der Waals surface area contributed by atoms with Gasteiger partial charge in [-0.05, 0) is 12.0 Å². The number of rotatable bonds is 6. The summed E-state index contributed by atoms with van der Waals surface area (Å²) in [5.41, 5.74) is 1.96. The lowest BCUT2D eigenvalue weighted by Gasteiger charge is -2.10. The summed E-state index contributed by atoms with van der Waals surface area (Å²) in [7, 11) is 0. The molecule has 1 aromatic rings. The second-order valence-electron chi connectivity index (χ2n) is 4.67. The molecule has 0 saturated carbocycles. The minimum atomic E-state index is 0.130. The van der Waals surface area contributed by atoms with Crippen LogP contribution in [0, 0.1) is 0 Å². The summed E-state index contributed by atoms with van der Waals surface area (Å²) in [6, 6.07) is 9.95. The highest BCUT2D eigenvalue weighted by Gasteiger charge is 2.23. The molecule has 3 nitrogen and oxygen atoms in total. The zero-order chi connectivity index (χ0) is 12.8. The predicted octanol–water partition coefficient (Wildman–Crippen LogP) is 3.20. The molecule has 0 bridgehead atoms. The van der Waals surface area contributed by atoms with Gasteiger partial charge in [-0.25, -0.2) is 5.01 Å². The molecule has 0 fully saturated rings. The Morgan fingerprint density at radius 3 is 2.67 bits per heavy atom. The van der Waals surface area contributed by atoms with Crippen LogP contribution in [0.1, 0.15) is 44.6 Å². The second kappa shape index (κ2) is 6.34. The molecule has 0 unspecified atom stereocenters. The topological polar surface area (TPSA) is 32.7 Å². The zero-order valence-corrected chi connectivity index (χ0v) is 10.9. The van der Waals surface area contributed by atoms with Crippen molar-refractivity contribution in [3.05, 3.63) is 35.9 Å². The smallest absolute Gasteiger partial charge is 0.248 e. The van der Waals surface area contributed by atoms with E-state index < -0.39 is 0 Å². The highest BCUT2D eigenvalue weighted by molar-refractivity contribution is 6.13. The molecule has 1 aliphatic heterocycles. The third-order valence-corrected chi connectivity index (χ3v) is 3.18. The van der Waals surface area contributed by atoms with Crippen LogP contribution in [0.25, 0.3) is 0 Å². The third-order valence-electron chi connectivity index (χ3n) is 3.18.